The van der Waals surface area contributed by atoms with E-state index in [1.807, 2.05) is 49.4 Å². The first-order valence-corrected chi connectivity index (χ1v) is 7.63. The van der Waals surface area contributed by atoms with Crippen LogP contribution in [-0.4, -0.2) is 6.61 Å². The molecule has 0 saturated heterocycles. The third kappa shape index (κ3) is 3.59. The first-order valence-electron chi connectivity index (χ1n) is 6.05. The molecule has 100 valence electrons. The second-order valence-corrected chi connectivity index (χ2v) is 5.92. The predicted molar refractivity (Wildman–Crippen MR) is 85.5 cm³/mol. The molecule has 0 aliphatic heterocycles. The summed E-state index contributed by atoms with van der Waals surface area (Å²) in [6.45, 7) is 2.62. The van der Waals surface area contributed by atoms with E-state index in [2.05, 4.69) is 31.9 Å². The van der Waals surface area contributed by atoms with Crippen LogP contribution >= 0.6 is 31.9 Å². The summed E-state index contributed by atoms with van der Waals surface area (Å²) in [6, 6.07) is 13.8. The number of hydrogen-bond acceptors (Lipinski definition) is 2. The number of hydrogen-bond donors (Lipinski definition) is 1. The van der Waals surface area contributed by atoms with Crippen LogP contribution in [-0.2, 0) is 0 Å². The first kappa shape index (κ1) is 14.6. The van der Waals surface area contributed by atoms with Gasteiger partial charge in [-0.1, -0.05) is 50.1 Å². The van der Waals surface area contributed by atoms with E-state index >= 15 is 0 Å². The smallest absolute Gasteiger partial charge is 0.120 e. The summed E-state index contributed by atoms with van der Waals surface area (Å²) >= 11 is 7.03. The highest BCUT2D eigenvalue weighted by Gasteiger charge is 2.13. The van der Waals surface area contributed by atoms with Gasteiger partial charge in [-0.05, 0) is 42.3 Å². The molecule has 2 aromatic carbocycles. The maximum atomic E-state index is 6.32. The topological polar surface area (TPSA) is 35.2 Å². The monoisotopic (exact) mass is 383 g/mol. The summed E-state index contributed by atoms with van der Waals surface area (Å²) in [6.07, 6.45) is 0. The quantitative estimate of drug-likeness (QED) is 0.831. The van der Waals surface area contributed by atoms with E-state index in [-0.39, 0.29) is 6.04 Å². The molecule has 0 aliphatic rings. The van der Waals surface area contributed by atoms with Crippen molar-refractivity contribution in [2.75, 3.05) is 6.61 Å². The van der Waals surface area contributed by atoms with Crippen molar-refractivity contribution < 1.29 is 4.74 Å². The zero-order valence-corrected chi connectivity index (χ0v) is 13.7. The second-order valence-electron chi connectivity index (χ2n) is 4.15. The minimum Gasteiger partial charge on any atom is -0.494 e. The standard InChI is InChI=1S/C15H15Br2NO/c1-2-19-12-6-7-13(14(17)9-12)15(18)10-4-3-5-11(16)8-10/h3-9,15H,2,18H2,1H3. The number of benzene rings is 2. The van der Waals surface area contributed by atoms with Crippen molar-refractivity contribution in [1.82, 2.24) is 0 Å². The van der Waals surface area contributed by atoms with Crippen LogP contribution in [0.1, 0.15) is 24.1 Å². The van der Waals surface area contributed by atoms with E-state index < -0.39 is 0 Å². The fraction of sp³-hybridized carbons (Fsp3) is 0.200. The van der Waals surface area contributed by atoms with Gasteiger partial charge in [0.15, 0.2) is 0 Å². The highest BCUT2D eigenvalue weighted by atomic mass is 79.9. The first-order chi connectivity index (χ1) is 9.11. The zero-order valence-electron chi connectivity index (χ0n) is 10.6. The summed E-state index contributed by atoms with van der Waals surface area (Å²) in [5, 5.41) is 0. The number of rotatable bonds is 4. The number of halogens is 2. The Kier molecular flexibility index (Phi) is 5.02. The van der Waals surface area contributed by atoms with Crippen LogP contribution in [0, 0.1) is 0 Å². The summed E-state index contributed by atoms with van der Waals surface area (Å²) in [4.78, 5) is 0. The Morgan fingerprint density at radius 1 is 1.16 bits per heavy atom. The fourth-order valence-corrected chi connectivity index (χ4v) is 2.92. The minimum atomic E-state index is -0.164. The molecule has 4 heteroatoms. The molecular formula is C15H15Br2NO. The lowest BCUT2D eigenvalue weighted by molar-refractivity contribution is 0.340. The van der Waals surface area contributed by atoms with E-state index in [9.17, 15) is 0 Å². The molecule has 0 heterocycles. The van der Waals surface area contributed by atoms with Crippen molar-refractivity contribution >= 4 is 31.9 Å². The fourth-order valence-electron chi connectivity index (χ4n) is 1.90. The molecule has 0 aliphatic carbocycles. The van der Waals surface area contributed by atoms with Crippen LogP contribution in [0.4, 0.5) is 0 Å². The number of nitrogens with two attached hydrogens (primary N) is 1. The Morgan fingerprint density at radius 3 is 2.58 bits per heavy atom. The van der Waals surface area contributed by atoms with Gasteiger partial charge in [-0.3, -0.25) is 0 Å². The maximum absolute atomic E-state index is 6.32. The third-order valence-corrected chi connectivity index (χ3v) is 4.01. The molecule has 2 N–H and O–H groups in total. The van der Waals surface area contributed by atoms with Gasteiger partial charge in [0.2, 0.25) is 0 Å². The Balaban J connectivity index is 2.31. The average molecular weight is 385 g/mol. The summed E-state index contributed by atoms with van der Waals surface area (Å²) in [7, 11) is 0. The molecule has 0 radical (unpaired) electrons. The van der Waals surface area contributed by atoms with Crippen molar-refractivity contribution in [3.63, 3.8) is 0 Å². The SMILES string of the molecule is CCOc1ccc(C(N)c2cccc(Br)c2)c(Br)c1. The van der Waals surface area contributed by atoms with Gasteiger partial charge in [0.1, 0.15) is 5.75 Å². The molecule has 0 amide bonds. The second kappa shape index (κ2) is 6.55. The van der Waals surface area contributed by atoms with Crippen LogP contribution in [0.25, 0.3) is 0 Å². The molecule has 1 unspecified atom stereocenters. The molecule has 1 atom stereocenters. The zero-order chi connectivity index (χ0) is 13.8. The third-order valence-electron chi connectivity index (χ3n) is 2.83. The van der Waals surface area contributed by atoms with Gasteiger partial charge in [-0.15, -0.1) is 0 Å². The van der Waals surface area contributed by atoms with Gasteiger partial charge < -0.3 is 10.5 Å². The van der Waals surface area contributed by atoms with Crippen molar-refractivity contribution in [2.24, 2.45) is 5.73 Å². The molecule has 0 saturated carbocycles. The van der Waals surface area contributed by atoms with Crippen molar-refractivity contribution in [3.8, 4) is 5.75 Å². The van der Waals surface area contributed by atoms with Crippen LogP contribution in [0.5, 0.6) is 5.75 Å². The molecular weight excluding hydrogens is 370 g/mol. The predicted octanol–water partition coefficient (Wildman–Crippen LogP) is 4.66. The molecule has 0 spiro atoms. The lowest BCUT2D eigenvalue weighted by Gasteiger charge is -2.15. The average Bonchev–Trinajstić information content (AvgIpc) is 2.38. The minimum absolute atomic E-state index is 0.164. The molecule has 0 aromatic heterocycles. The van der Waals surface area contributed by atoms with Gasteiger partial charge in [0.25, 0.3) is 0 Å². The van der Waals surface area contributed by atoms with E-state index in [0.29, 0.717) is 6.61 Å². The van der Waals surface area contributed by atoms with Crippen molar-refractivity contribution in [3.05, 3.63) is 62.5 Å². The Morgan fingerprint density at radius 2 is 1.95 bits per heavy atom. The molecule has 2 nitrogen and oxygen atoms in total. The lowest BCUT2D eigenvalue weighted by Crippen LogP contribution is -2.12. The van der Waals surface area contributed by atoms with Crippen LogP contribution in [0.3, 0.4) is 0 Å². The van der Waals surface area contributed by atoms with Crippen LogP contribution < -0.4 is 10.5 Å². The molecule has 19 heavy (non-hydrogen) atoms. The van der Waals surface area contributed by atoms with E-state index in [1.165, 1.54) is 0 Å². The van der Waals surface area contributed by atoms with Crippen LogP contribution in [0.2, 0.25) is 0 Å². The van der Waals surface area contributed by atoms with E-state index in [4.69, 9.17) is 10.5 Å². The van der Waals surface area contributed by atoms with Crippen molar-refractivity contribution in [1.29, 1.82) is 0 Å². The highest BCUT2D eigenvalue weighted by Crippen LogP contribution is 2.31. The van der Waals surface area contributed by atoms with E-state index in [0.717, 1.165) is 25.8 Å². The Hall–Kier alpha value is -0.840. The largest absolute Gasteiger partial charge is 0.494 e. The highest BCUT2D eigenvalue weighted by molar-refractivity contribution is 9.10. The molecule has 0 bridgehead atoms. The van der Waals surface area contributed by atoms with E-state index in [1.54, 1.807) is 0 Å². The summed E-state index contributed by atoms with van der Waals surface area (Å²) < 4.78 is 7.46. The summed E-state index contributed by atoms with van der Waals surface area (Å²) in [5.41, 5.74) is 8.43. The van der Waals surface area contributed by atoms with Crippen molar-refractivity contribution in [2.45, 2.75) is 13.0 Å². The lowest BCUT2D eigenvalue weighted by atomic mass is 10.00. The van der Waals surface area contributed by atoms with Gasteiger partial charge in [-0.25, -0.2) is 0 Å². The van der Waals surface area contributed by atoms with Gasteiger partial charge in [0, 0.05) is 8.95 Å². The summed E-state index contributed by atoms with van der Waals surface area (Å²) in [5.74, 6) is 0.847. The Bertz CT molecular complexity index is 572. The maximum Gasteiger partial charge on any atom is 0.120 e. The molecule has 2 aromatic rings. The Labute approximate surface area is 130 Å². The number of ether oxygens (including phenoxy) is 1. The van der Waals surface area contributed by atoms with Gasteiger partial charge in [0.05, 0.1) is 12.6 Å². The molecule has 0 fully saturated rings. The normalized spacial score (nSPS) is 12.2. The van der Waals surface area contributed by atoms with Crippen LogP contribution in [0.15, 0.2) is 51.4 Å². The van der Waals surface area contributed by atoms with Gasteiger partial charge >= 0.3 is 0 Å². The van der Waals surface area contributed by atoms with Gasteiger partial charge in [-0.2, -0.15) is 0 Å². The molecule has 2 rings (SSSR count).